The van der Waals surface area contributed by atoms with Gasteiger partial charge in [-0.1, -0.05) is 218 Å². The van der Waals surface area contributed by atoms with E-state index in [-0.39, 0.29) is 0 Å². The Labute approximate surface area is 397 Å². The summed E-state index contributed by atoms with van der Waals surface area (Å²) < 4.78 is 2.44. The molecule has 68 heavy (non-hydrogen) atoms. The van der Waals surface area contributed by atoms with Gasteiger partial charge in [-0.2, -0.15) is 0 Å². The van der Waals surface area contributed by atoms with E-state index in [9.17, 15) is 0 Å². The number of pyridine rings is 1. The SMILES string of the molecule is c1ccc(-c2cc(-c3cccc(-c4ccc5c(c4)c4ccccc4n5-c4cccc(-c5ccc6c(c5)[Si](c5ccccc5)(c5ccccc5)c5ccccc5-6)c4)c3)cc(-c3ccccc3)n2)cc1. The van der Waals surface area contributed by atoms with Crippen molar-refractivity contribution in [1.82, 2.24) is 9.55 Å². The van der Waals surface area contributed by atoms with Crippen molar-refractivity contribution in [2.45, 2.75) is 0 Å². The fraction of sp³-hybridized carbons (Fsp3) is 0. The van der Waals surface area contributed by atoms with Crippen LogP contribution in [0.1, 0.15) is 0 Å². The fourth-order valence-electron chi connectivity index (χ4n) is 11.0. The zero-order valence-electron chi connectivity index (χ0n) is 37.3. The first-order chi connectivity index (χ1) is 33.7. The second-order valence-electron chi connectivity index (χ2n) is 17.9. The van der Waals surface area contributed by atoms with Crippen molar-refractivity contribution >= 4 is 50.6 Å². The van der Waals surface area contributed by atoms with E-state index in [1.165, 1.54) is 75.9 Å². The van der Waals surface area contributed by atoms with Crippen LogP contribution < -0.4 is 20.7 Å². The summed E-state index contributed by atoms with van der Waals surface area (Å²) in [4.78, 5) is 5.14. The lowest BCUT2D eigenvalue weighted by atomic mass is 9.96. The molecule has 0 bridgehead atoms. The van der Waals surface area contributed by atoms with Gasteiger partial charge < -0.3 is 4.57 Å². The molecule has 0 radical (unpaired) electrons. The van der Waals surface area contributed by atoms with Gasteiger partial charge in [0.15, 0.2) is 8.07 Å². The first-order valence-corrected chi connectivity index (χ1v) is 25.4. The lowest BCUT2D eigenvalue weighted by Gasteiger charge is -2.31. The Balaban J connectivity index is 0.913. The molecule has 0 amide bonds. The fourth-order valence-corrected chi connectivity index (χ4v) is 16.2. The predicted molar refractivity (Wildman–Crippen MR) is 288 cm³/mol. The Kier molecular flexibility index (Phi) is 9.55. The third kappa shape index (κ3) is 6.51. The minimum atomic E-state index is -2.63. The van der Waals surface area contributed by atoms with Crippen LogP contribution in [-0.4, -0.2) is 17.6 Å². The first-order valence-electron chi connectivity index (χ1n) is 23.4. The number of nitrogens with zero attached hydrogens (tertiary/aromatic N) is 2. The van der Waals surface area contributed by atoms with E-state index >= 15 is 0 Å². The van der Waals surface area contributed by atoms with Crippen LogP contribution in [0.3, 0.4) is 0 Å². The van der Waals surface area contributed by atoms with Crippen LogP contribution in [0.15, 0.2) is 267 Å². The van der Waals surface area contributed by atoms with E-state index in [4.69, 9.17) is 4.98 Å². The van der Waals surface area contributed by atoms with Gasteiger partial charge in [0.1, 0.15) is 0 Å². The summed E-state index contributed by atoms with van der Waals surface area (Å²) in [7, 11) is -2.63. The molecule has 2 nitrogen and oxygen atoms in total. The lowest BCUT2D eigenvalue weighted by molar-refractivity contribution is 1.18. The summed E-state index contributed by atoms with van der Waals surface area (Å²) in [6, 6.07) is 98.1. The van der Waals surface area contributed by atoms with Crippen molar-refractivity contribution in [3.8, 4) is 72.7 Å². The third-order valence-corrected chi connectivity index (χ3v) is 18.9. The number of hydrogen-bond acceptors (Lipinski definition) is 1. The number of hydrogen-bond donors (Lipinski definition) is 0. The van der Waals surface area contributed by atoms with E-state index in [1.807, 2.05) is 0 Å². The molecule has 0 saturated carbocycles. The van der Waals surface area contributed by atoms with Crippen molar-refractivity contribution < 1.29 is 0 Å². The molecule has 0 saturated heterocycles. The predicted octanol–water partition coefficient (Wildman–Crippen LogP) is 13.9. The van der Waals surface area contributed by atoms with Gasteiger partial charge in [-0.3, -0.25) is 0 Å². The highest BCUT2D eigenvalue weighted by Crippen LogP contribution is 2.38. The average molecular weight is 881 g/mol. The molecule has 3 heteroatoms. The van der Waals surface area contributed by atoms with Crippen molar-refractivity contribution in [2.24, 2.45) is 0 Å². The molecule has 2 aromatic heterocycles. The highest BCUT2D eigenvalue weighted by Gasteiger charge is 2.48. The van der Waals surface area contributed by atoms with E-state index in [0.29, 0.717) is 0 Å². The number of aromatic nitrogens is 2. The molecular formula is C65H44N2Si. The Bertz CT molecular complexity index is 3740. The van der Waals surface area contributed by atoms with Crippen LogP contribution in [-0.2, 0) is 0 Å². The van der Waals surface area contributed by atoms with Crippen LogP contribution in [0.2, 0.25) is 0 Å². The van der Waals surface area contributed by atoms with Crippen LogP contribution in [0.25, 0.3) is 94.5 Å². The number of fused-ring (bicyclic) bond motifs is 6. The highest BCUT2D eigenvalue weighted by molar-refractivity contribution is 7.22. The van der Waals surface area contributed by atoms with Crippen molar-refractivity contribution in [2.75, 3.05) is 0 Å². The van der Waals surface area contributed by atoms with Gasteiger partial charge in [-0.05, 0) is 114 Å². The Morgan fingerprint density at radius 1 is 0.279 bits per heavy atom. The average Bonchev–Trinajstić information content (AvgIpc) is 3.92. The Morgan fingerprint density at radius 3 is 1.46 bits per heavy atom. The van der Waals surface area contributed by atoms with Crippen molar-refractivity contribution in [3.63, 3.8) is 0 Å². The number of benzene rings is 10. The molecule has 0 atom stereocenters. The number of rotatable bonds is 8. The van der Waals surface area contributed by atoms with E-state index in [2.05, 4.69) is 271 Å². The topological polar surface area (TPSA) is 17.8 Å². The smallest absolute Gasteiger partial charge is 0.180 e. The van der Waals surface area contributed by atoms with Crippen LogP contribution in [0, 0.1) is 0 Å². The molecule has 0 N–H and O–H groups in total. The Morgan fingerprint density at radius 2 is 0.765 bits per heavy atom. The maximum atomic E-state index is 5.14. The largest absolute Gasteiger partial charge is 0.309 e. The third-order valence-electron chi connectivity index (χ3n) is 14.1. The van der Waals surface area contributed by atoms with Gasteiger partial charge in [0.2, 0.25) is 0 Å². The summed E-state index contributed by atoms with van der Waals surface area (Å²) in [6.07, 6.45) is 0. The quantitative estimate of drug-likeness (QED) is 0.139. The molecule has 0 unspecified atom stereocenters. The van der Waals surface area contributed by atoms with Crippen LogP contribution in [0.5, 0.6) is 0 Å². The molecule has 10 aromatic carbocycles. The van der Waals surface area contributed by atoms with Gasteiger partial charge >= 0.3 is 0 Å². The van der Waals surface area contributed by atoms with Gasteiger partial charge in [0.25, 0.3) is 0 Å². The van der Waals surface area contributed by atoms with E-state index in [1.54, 1.807) is 0 Å². The molecule has 3 heterocycles. The van der Waals surface area contributed by atoms with Crippen LogP contribution in [0.4, 0.5) is 0 Å². The summed E-state index contributed by atoms with van der Waals surface area (Å²) >= 11 is 0. The molecule has 1 aliphatic rings. The molecule has 318 valence electrons. The molecule has 0 aliphatic carbocycles. The second kappa shape index (κ2) is 16.4. The van der Waals surface area contributed by atoms with Gasteiger partial charge in [0, 0.05) is 27.6 Å². The summed E-state index contributed by atoms with van der Waals surface area (Å²) in [5.41, 5.74) is 17.4. The molecule has 12 aromatic rings. The number of para-hydroxylation sites is 1. The molecule has 13 rings (SSSR count). The summed E-state index contributed by atoms with van der Waals surface area (Å²) in [5, 5.41) is 8.19. The second-order valence-corrected chi connectivity index (χ2v) is 21.6. The normalized spacial score (nSPS) is 12.5. The zero-order valence-corrected chi connectivity index (χ0v) is 38.3. The lowest BCUT2D eigenvalue weighted by Crippen LogP contribution is -2.72. The van der Waals surface area contributed by atoms with Crippen molar-refractivity contribution in [1.29, 1.82) is 0 Å². The van der Waals surface area contributed by atoms with Gasteiger partial charge in [0.05, 0.1) is 22.4 Å². The minimum absolute atomic E-state index is 0.960. The zero-order chi connectivity index (χ0) is 45.0. The van der Waals surface area contributed by atoms with Gasteiger partial charge in [-0.25, -0.2) is 4.98 Å². The van der Waals surface area contributed by atoms with Gasteiger partial charge in [-0.15, -0.1) is 0 Å². The summed E-state index contributed by atoms with van der Waals surface area (Å²) in [6.45, 7) is 0. The van der Waals surface area contributed by atoms with Crippen molar-refractivity contribution in [3.05, 3.63) is 267 Å². The standard InChI is InChI=1S/C65H44N2Si/c1-5-19-45(20-6-1)60-42-52(43-61(66-60)46-21-7-2-8-22-46)48-24-17-23-47(39-48)50-36-38-63-59(41-50)56-31-13-15-33-62(56)67(63)53-26-18-25-49(40-53)51-35-37-58-57-32-14-16-34-64(57)68(65(58)44-51,54-27-9-3-10-28-54)55-29-11-4-12-30-55/h1-44H. The summed E-state index contributed by atoms with van der Waals surface area (Å²) in [5.74, 6) is 0. The van der Waals surface area contributed by atoms with E-state index < -0.39 is 8.07 Å². The maximum absolute atomic E-state index is 5.14. The molecule has 0 spiro atoms. The highest BCUT2D eigenvalue weighted by atomic mass is 28.3. The monoisotopic (exact) mass is 880 g/mol. The molecular weight excluding hydrogens is 837 g/mol. The van der Waals surface area contributed by atoms with E-state index in [0.717, 1.165) is 39.3 Å². The first kappa shape index (κ1) is 39.7. The minimum Gasteiger partial charge on any atom is -0.309 e. The molecule has 1 aliphatic heterocycles. The molecule has 0 fully saturated rings. The Hall–Kier alpha value is -8.63. The van der Waals surface area contributed by atoms with Crippen LogP contribution >= 0.6 is 0 Å². The maximum Gasteiger partial charge on any atom is 0.180 e.